The summed E-state index contributed by atoms with van der Waals surface area (Å²) in [6.07, 6.45) is 1.84. The van der Waals surface area contributed by atoms with E-state index >= 15 is 0 Å². The summed E-state index contributed by atoms with van der Waals surface area (Å²) in [7, 11) is 1.57. The summed E-state index contributed by atoms with van der Waals surface area (Å²) in [6.45, 7) is 4.29. The zero-order valence-electron chi connectivity index (χ0n) is 18.7. The van der Waals surface area contributed by atoms with Crippen LogP contribution in [0.3, 0.4) is 0 Å². The summed E-state index contributed by atoms with van der Waals surface area (Å²) in [5, 5.41) is 0. The van der Waals surface area contributed by atoms with Gasteiger partial charge in [0.25, 0.3) is 5.56 Å². The van der Waals surface area contributed by atoms with Crippen molar-refractivity contribution in [3.8, 4) is 11.5 Å². The minimum Gasteiger partial charge on any atom is -0.493 e. The van der Waals surface area contributed by atoms with E-state index in [-0.39, 0.29) is 18.0 Å². The number of ether oxygens (including phenoxy) is 2. The van der Waals surface area contributed by atoms with Gasteiger partial charge >= 0.3 is 0 Å². The van der Waals surface area contributed by atoms with E-state index in [9.17, 15) is 9.18 Å². The molecule has 0 radical (unpaired) electrons. The van der Waals surface area contributed by atoms with Crippen molar-refractivity contribution in [3.05, 3.63) is 95.1 Å². The van der Waals surface area contributed by atoms with Gasteiger partial charge in [0.15, 0.2) is 16.5 Å². The molecule has 0 saturated heterocycles. The topological polar surface area (TPSA) is 52.8 Å². The van der Waals surface area contributed by atoms with Gasteiger partial charge in [-0.25, -0.2) is 13.8 Å². The molecule has 0 amide bonds. The van der Waals surface area contributed by atoms with E-state index in [1.165, 1.54) is 23.5 Å². The molecule has 0 bridgehead atoms. The fraction of sp³-hybridized carbons (Fsp3) is 0.154. The fourth-order valence-electron chi connectivity index (χ4n) is 3.82. The van der Waals surface area contributed by atoms with E-state index in [4.69, 9.17) is 9.47 Å². The third kappa shape index (κ3) is 4.16. The van der Waals surface area contributed by atoms with Crippen LogP contribution < -0.4 is 19.6 Å². The van der Waals surface area contributed by atoms with Gasteiger partial charge in [0.1, 0.15) is 12.4 Å². The smallest absolute Gasteiger partial charge is 0.274 e. The molecule has 5 rings (SSSR count). The molecule has 3 aromatic carbocycles. The second kappa shape index (κ2) is 8.99. The first-order valence-electron chi connectivity index (χ1n) is 10.5. The SMILES string of the molecule is COc1cc(/C=c2\sc3nc4cc(C)c(C)cc4n3c2=O)cc(I)c1OCc1cccc(F)c1. The zero-order valence-corrected chi connectivity index (χ0v) is 21.7. The summed E-state index contributed by atoms with van der Waals surface area (Å²) in [6, 6.07) is 14.1. The van der Waals surface area contributed by atoms with E-state index < -0.39 is 0 Å². The quantitative estimate of drug-likeness (QED) is 0.259. The van der Waals surface area contributed by atoms with Crippen molar-refractivity contribution in [1.29, 1.82) is 0 Å². The molecule has 0 aliphatic heterocycles. The minimum absolute atomic E-state index is 0.0915. The molecule has 0 N–H and O–H groups in total. The lowest BCUT2D eigenvalue weighted by Gasteiger charge is -2.13. The Hall–Kier alpha value is -2.98. The average molecular weight is 586 g/mol. The summed E-state index contributed by atoms with van der Waals surface area (Å²) in [5.74, 6) is 0.811. The van der Waals surface area contributed by atoms with Crippen molar-refractivity contribution in [2.75, 3.05) is 7.11 Å². The number of nitrogens with zero attached hydrogens (tertiary/aromatic N) is 2. The highest BCUT2D eigenvalue weighted by atomic mass is 127. The van der Waals surface area contributed by atoms with Crippen molar-refractivity contribution in [2.45, 2.75) is 20.5 Å². The van der Waals surface area contributed by atoms with Crippen LogP contribution in [0.1, 0.15) is 22.3 Å². The van der Waals surface area contributed by atoms with E-state index in [0.717, 1.165) is 36.9 Å². The Bertz CT molecular complexity index is 1680. The number of aryl methyl sites for hydroxylation is 2. The third-order valence-corrected chi connectivity index (χ3v) is 7.45. The molecule has 0 aliphatic carbocycles. The van der Waals surface area contributed by atoms with Crippen molar-refractivity contribution in [1.82, 2.24) is 9.38 Å². The molecule has 5 nitrogen and oxygen atoms in total. The van der Waals surface area contributed by atoms with Crippen LogP contribution in [0, 0.1) is 23.2 Å². The zero-order chi connectivity index (χ0) is 24.0. The molecule has 2 heterocycles. The maximum Gasteiger partial charge on any atom is 0.274 e. The molecule has 5 aromatic rings. The highest BCUT2D eigenvalue weighted by Gasteiger charge is 2.14. The fourth-order valence-corrected chi connectivity index (χ4v) is 5.58. The van der Waals surface area contributed by atoms with Gasteiger partial charge in [-0.3, -0.25) is 4.79 Å². The second-order valence-corrected chi connectivity index (χ2v) is 10.2. The number of thiazole rings is 1. The number of fused-ring (bicyclic) bond motifs is 3. The highest BCUT2D eigenvalue weighted by molar-refractivity contribution is 14.1. The van der Waals surface area contributed by atoms with E-state index in [2.05, 4.69) is 27.6 Å². The van der Waals surface area contributed by atoms with Gasteiger partial charge < -0.3 is 9.47 Å². The lowest BCUT2D eigenvalue weighted by molar-refractivity contribution is 0.282. The molecule has 0 spiro atoms. The summed E-state index contributed by atoms with van der Waals surface area (Å²) < 4.78 is 28.1. The Kier molecular flexibility index (Phi) is 6.03. The molecule has 0 saturated carbocycles. The van der Waals surface area contributed by atoms with Crippen LogP contribution in [0.5, 0.6) is 11.5 Å². The van der Waals surface area contributed by atoms with Gasteiger partial charge in [0, 0.05) is 0 Å². The number of methoxy groups -OCH3 is 1. The molecule has 0 atom stereocenters. The van der Waals surface area contributed by atoms with Crippen LogP contribution in [-0.4, -0.2) is 16.5 Å². The van der Waals surface area contributed by atoms with Crippen molar-refractivity contribution in [2.24, 2.45) is 0 Å². The summed E-state index contributed by atoms with van der Waals surface area (Å²) in [5.41, 5.74) is 5.38. The Morgan fingerprint density at radius 2 is 1.94 bits per heavy atom. The van der Waals surface area contributed by atoms with Gasteiger partial charge in [-0.1, -0.05) is 23.5 Å². The van der Waals surface area contributed by atoms with Crippen LogP contribution in [0.15, 0.2) is 53.3 Å². The monoisotopic (exact) mass is 586 g/mol. The van der Waals surface area contributed by atoms with E-state index in [1.54, 1.807) is 23.6 Å². The van der Waals surface area contributed by atoms with Crippen LogP contribution in [0.4, 0.5) is 4.39 Å². The number of hydrogen-bond donors (Lipinski definition) is 0. The third-order valence-electron chi connectivity index (χ3n) is 5.68. The highest BCUT2D eigenvalue weighted by Crippen LogP contribution is 2.35. The Morgan fingerprint density at radius 1 is 1.15 bits per heavy atom. The number of halogens is 2. The number of rotatable bonds is 5. The lowest BCUT2D eigenvalue weighted by Crippen LogP contribution is -2.22. The molecular formula is C26H20FIN2O3S. The van der Waals surface area contributed by atoms with Crippen molar-refractivity contribution in [3.63, 3.8) is 0 Å². The Morgan fingerprint density at radius 3 is 2.71 bits per heavy atom. The van der Waals surface area contributed by atoms with Gasteiger partial charge in [-0.15, -0.1) is 0 Å². The Balaban J connectivity index is 1.53. The molecular weight excluding hydrogens is 566 g/mol. The van der Waals surface area contributed by atoms with E-state index in [1.807, 2.05) is 44.2 Å². The minimum atomic E-state index is -0.304. The average Bonchev–Trinajstić information content (AvgIpc) is 3.28. The maximum absolute atomic E-state index is 13.5. The van der Waals surface area contributed by atoms with Gasteiger partial charge in [0.05, 0.1) is 26.2 Å². The van der Waals surface area contributed by atoms with Crippen LogP contribution >= 0.6 is 33.9 Å². The first-order chi connectivity index (χ1) is 16.3. The van der Waals surface area contributed by atoms with Gasteiger partial charge in [0.2, 0.25) is 0 Å². The Labute approximate surface area is 212 Å². The molecule has 8 heteroatoms. The van der Waals surface area contributed by atoms with Crippen LogP contribution in [-0.2, 0) is 6.61 Å². The maximum atomic E-state index is 13.5. The molecule has 34 heavy (non-hydrogen) atoms. The first kappa shape index (κ1) is 22.8. The second-order valence-electron chi connectivity index (χ2n) is 8.02. The van der Waals surface area contributed by atoms with Crippen LogP contribution in [0.25, 0.3) is 22.1 Å². The number of benzene rings is 3. The van der Waals surface area contributed by atoms with Crippen LogP contribution in [0.2, 0.25) is 0 Å². The van der Waals surface area contributed by atoms with Crippen molar-refractivity contribution >= 4 is 56.0 Å². The predicted octanol–water partition coefficient (Wildman–Crippen LogP) is 5.41. The number of aromatic nitrogens is 2. The van der Waals surface area contributed by atoms with Gasteiger partial charge in [-0.05, 0) is 101 Å². The molecule has 2 aromatic heterocycles. The molecule has 0 fully saturated rings. The first-order valence-corrected chi connectivity index (χ1v) is 12.4. The predicted molar refractivity (Wildman–Crippen MR) is 142 cm³/mol. The number of hydrogen-bond acceptors (Lipinski definition) is 5. The van der Waals surface area contributed by atoms with Gasteiger partial charge in [-0.2, -0.15) is 0 Å². The lowest BCUT2D eigenvalue weighted by atomic mass is 10.1. The number of imidazole rings is 1. The standard InChI is InChI=1S/C26H20FIN2O3S/c1-14-7-20-21(8-15(14)2)30-25(31)23(34-26(30)29-20)12-17-10-19(28)24(22(11-17)32-3)33-13-16-5-4-6-18(27)9-16/h4-12H,13H2,1-3H3/b23-12-. The summed E-state index contributed by atoms with van der Waals surface area (Å²) in [4.78, 5) is 18.5. The summed E-state index contributed by atoms with van der Waals surface area (Å²) >= 11 is 3.54. The van der Waals surface area contributed by atoms with Crippen molar-refractivity contribution < 1.29 is 13.9 Å². The normalized spacial score (nSPS) is 12.1. The van der Waals surface area contributed by atoms with E-state index in [0.29, 0.717) is 21.0 Å². The molecule has 0 aliphatic rings. The molecule has 0 unspecified atom stereocenters. The largest absolute Gasteiger partial charge is 0.493 e. The molecule has 172 valence electrons.